The topological polar surface area (TPSA) is 130 Å². The molecule has 0 amide bonds. The van der Waals surface area contributed by atoms with Crippen molar-refractivity contribution in [2.45, 2.75) is 68.3 Å². The highest BCUT2D eigenvalue weighted by Crippen LogP contribution is 2.33. The van der Waals surface area contributed by atoms with Gasteiger partial charge in [-0.05, 0) is 0 Å². The molecule has 2 heterocycles. The fourth-order valence-electron chi connectivity index (χ4n) is 4.15. The van der Waals surface area contributed by atoms with Gasteiger partial charge in [0.25, 0.3) is 0 Å². The fraction of sp³-hybridized carbons (Fsp3) is 0.950. The second-order valence-corrected chi connectivity index (χ2v) is 7.47. The number of hydrogen-bond donors (Lipinski definition) is 1. The van der Waals surface area contributed by atoms with Crippen molar-refractivity contribution in [3.63, 3.8) is 0 Å². The molecule has 0 spiro atoms. The van der Waals surface area contributed by atoms with E-state index < -0.39 is 67.4 Å². The molecule has 12 heteroatoms. The summed E-state index contributed by atoms with van der Waals surface area (Å²) in [6.45, 7) is 1.32. The molecular weight excluding hydrogens is 432 g/mol. The van der Waals surface area contributed by atoms with Crippen molar-refractivity contribution in [1.29, 1.82) is 0 Å². The molecule has 0 saturated carbocycles. The van der Waals surface area contributed by atoms with Crippen LogP contribution in [0.1, 0.15) is 6.92 Å². The Kier molecular flexibility index (Phi) is 11.2. The molecule has 32 heavy (non-hydrogen) atoms. The summed E-state index contributed by atoms with van der Waals surface area (Å²) in [6, 6.07) is 0. The maximum atomic E-state index is 11.4. The molecule has 188 valence electrons. The van der Waals surface area contributed by atoms with Crippen LogP contribution in [0.5, 0.6) is 0 Å². The highest BCUT2D eigenvalue weighted by Gasteiger charge is 2.53. The van der Waals surface area contributed by atoms with Crippen LogP contribution in [0, 0.1) is 0 Å². The molecule has 10 atom stereocenters. The molecule has 0 aromatic heterocycles. The minimum absolute atomic E-state index is 0.173. The predicted molar refractivity (Wildman–Crippen MR) is 107 cm³/mol. The number of esters is 1. The summed E-state index contributed by atoms with van der Waals surface area (Å²) in [5.41, 5.74) is 0. The van der Waals surface area contributed by atoms with Crippen LogP contribution < -0.4 is 0 Å². The SMILES string of the molecule is COC[C@@H]1O[C@H](O[C@H]2[C@H](OC)[C@@H](OC)[C@@H](O)O[C@@H]2COC(C)=O)[C@@H](OC)[C@@H](OC)[C@@H]1OC. The first-order chi connectivity index (χ1) is 15.4. The number of carbonyl (C=O) groups excluding carboxylic acids is 1. The van der Waals surface area contributed by atoms with Crippen molar-refractivity contribution in [3.8, 4) is 0 Å². The molecule has 0 aromatic rings. The predicted octanol–water partition coefficient (Wildman–Crippen LogP) is -0.902. The van der Waals surface area contributed by atoms with Gasteiger partial charge in [0.15, 0.2) is 12.6 Å². The number of aliphatic hydroxyl groups is 1. The minimum atomic E-state index is -1.32. The largest absolute Gasteiger partial charge is 0.463 e. The number of rotatable bonds is 11. The van der Waals surface area contributed by atoms with Crippen molar-refractivity contribution < 1.29 is 57.3 Å². The van der Waals surface area contributed by atoms with E-state index in [-0.39, 0.29) is 13.2 Å². The highest BCUT2D eigenvalue weighted by molar-refractivity contribution is 5.65. The van der Waals surface area contributed by atoms with Gasteiger partial charge in [-0.3, -0.25) is 4.79 Å². The van der Waals surface area contributed by atoms with Crippen molar-refractivity contribution in [3.05, 3.63) is 0 Å². The third-order valence-electron chi connectivity index (χ3n) is 5.63. The van der Waals surface area contributed by atoms with Gasteiger partial charge in [0.2, 0.25) is 0 Å². The van der Waals surface area contributed by atoms with Gasteiger partial charge in [0.1, 0.15) is 55.4 Å². The summed E-state index contributed by atoms with van der Waals surface area (Å²) in [4.78, 5) is 11.4. The monoisotopic (exact) mass is 468 g/mol. The lowest BCUT2D eigenvalue weighted by Crippen LogP contribution is -2.66. The molecular formula is C20H36O12. The Labute approximate surface area is 188 Å². The number of methoxy groups -OCH3 is 6. The summed E-state index contributed by atoms with van der Waals surface area (Å²) in [5.74, 6) is -0.504. The molecule has 2 aliphatic rings. The first-order valence-corrected chi connectivity index (χ1v) is 10.3. The lowest BCUT2D eigenvalue weighted by atomic mass is 9.96. The van der Waals surface area contributed by atoms with Crippen molar-refractivity contribution >= 4 is 5.97 Å². The first-order valence-electron chi connectivity index (χ1n) is 10.3. The van der Waals surface area contributed by atoms with Crippen molar-refractivity contribution in [2.24, 2.45) is 0 Å². The van der Waals surface area contributed by atoms with E-state index in [2.05, 4.69) is 0 Å². The molecule has 2 rings (SSSR count). The molecule has 2 aliphatic heterocycles. The van der Waals surface area contributed by atoms with Gasteiger partial charge in [-0.2, -0.15) is 0 Å². The zero-order chi connectivity index (χ0) is 23.8. The Balaban J connectivity index is 2.33. The quantitative estimate of drug-likeness (QED) is 0.377. The first kappa shape index (κ1) is 27.3. The summed E-state index contributed by atoms with van der Waals surface area (Å²) in [5, 5.41) is 10.4. The van der Waals surface area contributed by atoms with E-state index in [1.165, 1.54) is 35.4 Å². The van der Waals surface area contributed by atoms with Gasteiger partial charge in [0, 0.05) is 49.6 Å². The molecule has 12 nitrogen and oxygen atoms in total. The van der Waals surface area contributed by atoms with Crippen LogP contribution >= 0.6 is 0 Å². The molecule has 1 N–H and O–H groups in total. The van der Waals surface area contributed by atoms with Gasteiger partial charge in [-0.1, -0.05) is 0 Å². The Hall–Kier alpha value is -0.930. The van der Waals surface area contributed by atoms with Gasteiger partial charge in [-0.15, -0.1) is 0 Å². The second kappa shape index (κ2) is 13.1. The van der Waals surface area contributed by atoms with Crippen LogP contribution in [0.4, 0.5) is 0 Å². The molecule has 0 unspecified atom stereocenters. The average Bonchev–Trinajstić information content (AvgIpc) is 2.77. The van der Waals surface area contributed by atoms with E-state index in [0.717, 1.165) is 0 Å². The average molecular weight is 468 g/mol. The third kappa shape index (κ3) is 6.14. The van der Waals surface area contributed by atoms with Crippen LogP contribution in [-0.2, 0) is 52.2 Å². The second-order valence-electron chi connectivity index (χ2n) is 7.47. The summed E-state index contributed by atoms with van der Waals surface area (Å²) in [6.07, 6.45) is -7.83. The van der Waals surface area contributed by atoms with E-state index >= 15 is 0 Å². The van der Waals surface area contributed by atoms with Crippen LogP contribution in [-0.4, -0.2) is 128 Å². The lowest BCUT2D eigenvalue weighted by molar-refractivity contribution is -0.363. The molecule has 0 aromatic carbocycles. The minimum Gasteiger partial charge on any atom is -0.463 e. The van der Waals surface area contributed by atoms with Gasteiger partial charge >= 0.3 is 5.97 Å². The zero-order valence-electron chi connectivity index (χ0n) is 19.6. The highest BCUT2D eigenvalue weighted by atomic mass is 16.7. The lowest BCUT2D eigenvalue weighted by Gasteiger charge is -2.48. The standard InChI is InChI=1S/C20H36O12/c1-10(21)29-9-12-14(16(26-5)17(27-6)19(22)30-12)32-20-18(28-7)15(25-4)13(24-3)11(31-20)8-23-2/h11-20,22H,8-9H2,1-7H3/t11-,12+,13+,14+,15-,16-,17+,18-,19-,20+/m0/s1. The van der Waals surface area contributed by atoms with Crippen LogP contribution in [0.25, 0.3) is 0 Å². The summed E-state index contributed by atoms with van der Waals surface area (Å²) in [7, 11) is 9.01. The van der Waals surface area contributed by atoms with E-state index in [1.54, 1.807) is 14.2 Å². The Morgan fingerprint density at radius 3 is 1.75 bits per heavy atom. The maximum Gasteiger partial charge on any atom is 0.302 e. The summed E-state index contributed by atoms with van der Waals surface area (Å²) >= 11 is 0. The smallest absolute Gasteiger partial charge is 0.302 e. The van der Waals surface area contributed by atoms with E-state index in [9.17, 15) is 9.90 Å². The van der Waals surface area contributed by atoms with Gasteiger partial charge < -0.3 is 52.5 Å². The third-order valence-corrected chi connectivity index (χ3v) is 5.63. The van der Waals surface area contributed by atoms with Gasteiger partial charge in [0.05, 0.1) is 6.61 Å². The normalized spacial score (nSPS) is 40.2. The molecule has 2 saturated heterocycles. The van der Waals surface area contributed by atoms with Crippen molar-refractivity contribution in [2.75, 3.05) is 55.9 Å². The Morgan fingerprint density at radius 2 is 1.25 bits per heavy atom. The molecule has 0 radical (unpaired) electrons. The zero-order valence-corrected chi connectivity index (χ0v) is 19.6. The van der Waals surface area contributed by atoms with Gasteiger partial charge in [-0.25, -0.2) is 0 Å². The number of ether oxygens (including phenoxy) is 10. The number of carbonyl (C=O) groups is 1. The summed E-state index contributed by atoms with van der Waals surface area (Å²) < 4.78 is 56.3. The van der Waals surface area contributed by atoms with Crippen molar-refractivity contribution in [1.82, 2.24) is 0 Å². The Bertz CT molecular complexity index is 563. The van der Waals surface area contributed by atoms with E-state index in [4.69, 9.17) is 47.4 Å². The number of hydrogen-bond acceptors (Lipinski definition) is 12. The fourth-order valence-corrected chi connectivity index (χ4v) is 4.15. The van der Waals surface area contributed by atoms with Crippen LogP contribution in [0.3, 0.4) is 0 Å². The molecule has 2 fully saturated rings. The number of aliphatic hydroxyl groups excluding tert-OH is 1. The molecule has 0 aliphatic carbocycles. The Morgan fingerprint density at radius 1 is 0.719 bits per heavy atom. The van der Waals surface area contributed by atoms with Crippen LogP contribution in [0.15, 0.2) is 0 Å². The van der Waals surface area contributed by atoms with Crippen LogP contribution in [0.2, 0.25) is 0 Å². The van der Waals surface area contributed by atoms with E-state index in [1.807, 2.05) is 0 Å². The molecule has 0 bridgehead atoms. The van der Waals surface area contributed by atoms with E-state index in [0.29, 0.717) is 0 Å². The maximum absolute atomic E-state index is 11.4.